The van der Waals surface area contributed by atoms with Crippen LogP contribution in [0.4, 0.5) is 0 Å². The molecule has 1 aliphatic carbocycles. The van der Waals surface area contributed by atoms with E-state index in [0.717, 1.165) is 82.6 Å². The SMILES string of the molecule is CCOC(=O)C1(C)CCC(Cc2nc3c(-c4ccc(-c5ccccc5)nc4)cnn3c3[nH]nc(C)c23)CC1. The van der Waals surface area contributed by atoms with E-state index in [1.807, 2.05) is 61.9 Å². The van der Waals surface area contributed by atoms with Crippen LogP contribution in [0.25, 0.3) is 39.1 Å². The first kappa shape index (κ1) is 24.3. The fourth-order valence-electron chi connectivity index (χ4n) is 5.70. The van der Waals surface area contributed by atoms with E-state index in [4.69, 9.17) is 14.7 Å². The van der Waals surface area contributed by atoms with Crippen LogP contribution in [-0.2, 0) is 16.0 Å². The summed E-state index contributed by atoms with van der Waals surface area (Å²) >= 11 is 0. The third kappa shape index (κ3) is 4.23. The summed E-state index contributed by atoms with van der Waals surface area (Å²) in [5.41, 5.74) is 7.12. The number of carbonyl (C=O) groups excluding carboxylic acids is 1. The predicted octanol–water partition coefficient (Wildman–Crippen LogP) is 5.95. The lowest BCUT2D eigenvalue weighted by Gasteiger charge is -2.35. The van der Waals surface area contributed by atoms with Gasteiger partial charge in [0.2, 0.25) is 0 Å². The standard InChI is InChI=1S/C30H32N6O2/c1-4-38-29(37)30(3)14-12-20(13-15-30)16-25-26-19(2)34-35-28(26)36-27(33-25)23(18-32-36)22-10-11-24(31-17-22)21-8-6-5-7-9-21/h5-11,17-18,20H,4,12-16H2,1-3H3,(H,34,35). The normalized spacial score (nSPS) is 19.7. The fourth-order valence-corrected chi connectivity index (χ4v) is 5.70. The maximum atomic E-state index is 12.5. The monoisotopic (exact) mass is 508 g/mol. The Balaban J connectivity index is 1.32. The number of aromatic amines is 1. The number of nitrogens with one attached hydrogen (secondary N) is 1. The quantitative estimate of drug-likeness (QED) is 0.285. The number of hydrogen-bond donors (Lipinski definition) is 1. The van der Waals surface area contributed by atoms with Gasteiger partial charge in [0.15, 0.2) is 11.3 Å². The van der Waals surface area contributed by atoms with Crippen molar-refractivity contribution in [1.82, 2.24) is 29.8 Å². The van der Waals surface area contributed by atoms with E-state index < -0.39 is 0 Å². The lowest BCUT2D eigenvalue weighted by Crippen LogP contribution is -2.34. The first-order chi connectivity index (χ1) is 18.5. The second-order valence-electron chi connectivity index (χ2n) is 10.6. The molecular formula is C30H32N6O2. The number of aryl methyl sites for hydroxylation is 1. The van der Waals surface area contributed by atoms with Crippen molar-refractivity contribution in [3.05, 3.63) is 66.2 Å². The summed E-state index contributed by atoms with van der Waals surface area (Å²) in [4.78, 5) is 22.4. The number of carbonyl (C=O) groups is 1. The van der Waals surface area contributed by atoms with Crippen LogP contribution in [0.3, 0.4) is 0 Å². The van der Waals surface area contributed by atoms with Gasteiger partial charge in [0.05, 0.1) is 40.7 Å². The number of benzene rings is 1. The number of hydrogen-bond acceptors (Lipinski definition) is 6. The summed E-state index contributed by atoms with van der Waals surface area (Å²) in [5.74, 6) is 0.380. The fraction of sp³-hybridized carbons (Fsp3) is 0.367. The van der Waals surface area contributed by atoms with Crippen LogP contribution in [-0.4, -0.2) is 42.4 Å². The third-order valence-electron chi connectivity index (χ3n) is 8.02. The van der Waals surface area contributed by atoms with Crippen LogP contribution in [0.5, 0.6) is 0 Å². The number of esters is 1. The molecule has 0 spiro atoms. The van der Waals surface area contributed by atoms with E-state index >= 15 is 0 Å². The molecule has 8 nitrogen and oxygen atoms in total. The zero-order valence-electron chi connectivity index (χ0n) is 22.1. The van der Waals surface area contributed by atoms with Gasteiger partial charge in [-0.3, -0.25) is 14.9 Å². The molecule has 38 heavy (non-hydrogen) atoms. The molecule has 1 saturated carbocycles. The minimum Gasteiger partial charge on any atom is -0.466 e. The second kappa shape index (κ2) is 9.67. The predicted molar refractivity (Wildman–Crippen MR) is 146 cm³/mol. The van der Waals surface area contributed by atoms with Crippen LogP contribution in [0.2, 0.25) is 0 Å². The number of pyridine rings is 1. The van der Waals surface area contributed by atoms with Gasteiger partial charge in [-0.25, -0.2) is 4.98 Å². The molecule has 0 radical (unpaired) electrons. The second-order valence-corrected chi connectivity index (χ2v) is 10.6. The summed E-state index contributed by atoms with van der Waals surface area (Å²) in [6.07, 6.45) is 8.19. The average Bonchev–Trinajstić information content (AvgIpc) is 3.55. The van der Waals surface area contributed by atoms with Gasteiger partial charge < -0.3 is 4.74 Å². The number of fused-ring (bicyclic) bond motifs is 3. The van der Waals surface area contributed by atoms with E-state index in [0.29, 0.717) is 12.5 Å². The van der Waals surface area contributed by atoms with Crippen LogP contribution in [0.1, 0.15) is 50.9 Å². The summed E-state index contributed by atoms with van der Waals surface area (Å²) < 4.78 is 7.19. The number of H-pyrrole nitrogens is 1. The Labute approximate surface area is 221 Å². The molecule has 0 amide bonds. The zero-order chi connectivity index (χ0) is 26.3. The van der Waals surface area contributed by atoms with Gasteiger partial charge in [-0.1, -0.05) is 36.4 Å². The van der Waals surface area contributed by atoms with Crippen LogP contribution in [0, 0.1) is 18.3 Å². The average molecular weight is 509 g/mol. The number of nitrogens with zero attached hydrogens (tertiary/aromatic N) is 5. The third-order valence-corrected chi connectivity index (χ3v) is 8.02. The zero-order valence-corrected chi connectivity index (χ0v) is 22.1. The molecule has 0 aliphatic heterocycles. The van der Waals surface area contributed by atoms with Crippen LogP contribution >= 0.6 is 0 Å². The van der Waals surface area contributed by atoms with E-state index in [1.165, 1.54) is 0 Å². The molecule has 1 fully saturated rings. The molecule has 1 aromatic carbocycles. The molecule has 5 aromatic rings. The largest absolute Gasteiger partial charge is 0.466 e. The molecular weight excluding hydrogens is 476 g/mol. The minimum absolute atomic E-state index is 0.0677. The summed E-state index contributed by atoms with van der Waals surface area (Å²) in [6.45, 7) is 6.34. The molecule has 1 N–H and O–H groups in total. The summed E-state index contributed by atoms with van der Waals surface area (Å²) in [6, 6.07) is 14.3. The Bertz CT molecular complexity index is 1600. The van der Waals surface area contributed by atoms with Gasteiger partial charge in [-0.2, -0.15) is 14.7 Å². The van der Waals surface area contributed by atoms with Crippen molar-refractivity contribution in [3.63, 3.8) is 0 Å². The Hall–Kier alpha value is -4.07. The highest BCUT2D eigenvalue weighted by atomic mass is 16.5. The van der Waals surface area contributed by atoms with E-state index in [1.54, 1.807) is 0 Å². The molecule has 0 saturated heterocycles. The van der Waals surface area contributed by atoms with Crippen molar-refractivity contribution in [2.45, 2.75) is 52.9 Å². The molecule has 0 bridgehead atoms. The molecule has 6 rings (SSSR count). The smallest absolute Gasteiger partial charge is 0.311 e. The van der Waals surface area contributed by atoms with Gasteiger partial charge in [0.25, 0.3) is 0 Å². The van der Waals surface area contributed by atoms with Gasteiger partial charge in [0, 0.05) is 22.9 Å². The number of ether oxygens (including phenoxy) is 1. The van der Waals surface area contributed by atoms with E-state index in [9.17, 15) is 4.79 Å². The lowest BCUT2D eigenvalue weighted by molar-refractivity contribution is -0.156. The summed E-state index contributed by atoms with van der Waals surface area (Å²) in [5, 5.41) is 13.4. The van der Waals surface area contributed by atoms with Gasteiger partial charge in [-0.05, 0) is 64.9 Å². The topological polar surface area (TPSA) is 98.1 Å². The lowest BCUT2D eigenvalue weighted by atomic mass is 9.70. The highest BCUT2D eigenvalue weighted by molar-refractivity contribution is 5.87. The van der Waals surface area contributed by atoms with Crippen molar-refractivity contribution in [2.75, 3.05) is 6.61 Å². The first-order valence-electron chi connectivity index (χ1n) is 13.4. The van der Waals surface area contributed by atoms with Crippen molar-refractivity contribution >= 4 is 22.6 Å². The first-order valence-corrected chi connectivity index (χ1v) is 13.4. The summed E-state index contributed by atoms with van der Waals surface area (Å²) in [7, 11) is 0. The molecule has 8 heteroatoms. The highest BCUT2D eigenvalue weighted by Crippen LogP contribution is 2.41. The van der Waals surface area contributed by atoms with Crippen molar-refractivity contribution in [1.29, 1.82) is 0 Å². The van der Waals surface area contributed by atoms with Gasteiger partial charge in [-0.15, -0.1) is 0 Å². The van der Waals surface area contributed by atoms with Gasteiger partial charge >= 0.3 is 5.97 Å². The molecule has 0 atom stereocenters. The Morgan fingerprint density at radius 3 is 2.61 bits per heavy atom. The Morgan fingerprint density at radius 1 is 1.11 bits per heavy atom. The maximum absolute atomic E-state index is 12.5. The van der Waals surface area contributed by atoms with E-state index in [-0.39, 0.29) is 11.4 Å². The van der Waals surface area contributed by atoms with Gasteiger partial charge in [0.1, 0.15) is 0 Å². The van der Waals surface area contributed by atoms with Crippen molar-refractivity contribution in [3.8, 4) is 22.4 Å². The van der Waals surface area contributed by atoms with Crippen LogP contribution in [0.15, 0.2) is 54.9 Å². The van der Waals surface area contributed by atoms with Crippen molar-refractivity contribution < 1.29 is 9.53 Å². The molecule has 4 aromatic heterocycles. The maximum Gasteiger partial charge on any atom is 0.311 e. The van der Waals surface area contributed by atoms with E-state index in [2.05, 4.69) is 33.5 Å². The molecule has 194 valence electrons. The minimum atomic E-state index is -0.387. The highest BCUT2D eigenvalue weighted by Gasteiger charge is 2.39. The Kier molecular flexibility index (Phi) is 6.18. The van der Waals surface area contributed by atoms with Crippen molar-refractivity contribution in [2.24, 2.45) is 11.3 Å². The molecule has 0 unspecified atom stereocenters. The van der Waals surface area contributed by atoms with Crippen LogP contribution < -0.4 is 0 Å². The number of rotatable bonds is 6. The molecule has 1 aliphatic rings. The molecule has 4 heterocycles. The number of aromatic nitrogens is 6. The Morgan fingerprint density at radius 2 is 1.89 bits per heavy atom.